The minimum atomic E-state index is -1.16. The number of rotatable bonds is 12. The molecule has 0 aliphatic rings. The van der Waals surface area contributed by atoms with E-state index in [-0.39, 0.29) is 61.3 Å². The van der Waals surface area contributed by atoms with Crippen molar-refractivity contribution < 1.29 is 60.3 Å². The fraction of sp³-hybridized carbons (Fsp3) is 0.393. The molecule has 8 nitrogen and oxygen atoms in total. The second kappa shape index (κ2) is 14.6. The summed E-state index contributed by atoms with van der Waals surface area (Å²) in [6.07, 6.45) is -2.13. The Hall–Kier alpha value is -2.56. The summed E-state index contributed by atoms with van der Waals surface area (Å²) in [4.78, 5) is 24.1. The van der Waals surface area contributed by atoms with Crippen molar-refractivity contribution in [2.75, 3.05) is 0 Å². The molecule has 0 saturated heterocycles. The van der Waals surface area contributed by atoms with Gasteiger partial charge in [-0.15, -0.1) is 0 Å². The van der Waals surface area contributed by atoms with Crippen LogP contribution in [0.25, 0.3) is 5.69 Å². The van der Waals surface area contributed by atoms with Crippen LogP contribution in [0.1, 0.15) is 73.3 Å². The van der Waals surface area contributed by atoms with E-state index in [2.05, 4.69) is 10.4 Å². The predicted molar refractivity (Wildman–Crippen MR) is 138 cm³/mol. The molecular formula is C28H35FN3NaO5. The van der Waals surface area contributed by atoms with Gasteiger partial charge in [-0.2, -0.15) is 5.10 Å². The topological polar surface area (TPSA) is 125 Å². The van der Waals surface area contributed by atoms with Gasteiger partial charge in [-0.25, -0.2) is 9.07 Å². The third kappa shape index (κ3) is 8.74. The number of hydrogen-bond donors (Lipinski definition) is 4. The van der Waals surface area contributed by atoms with Gasteiger partial charge in [0.2, 0.25) is 0 Å². The first-order valence-electron chi connectivity index (χ1n) is 12.3. The Morgan fingerprint density at radius 1 is 1.05 bits per heavy atom. The number of benzene rings is 2. The van der Waals surface area contributed by atoms with E-state index in [1.54, 1.807) is 16.8 Å². The SMILES string of the molecule is Cc1ccc(CNC(=O)c2nn(-c3ccc(F)cc3)c(CC[C@@H](O)C[C@@H](O)CC(=O)O)c2C(C)C)cc1.[H-].[Na+]. The van der Waals surface area contributed by atoms with Crippen LogP contribution in [0.4, 0.5) is 4.39 Å². The quantitative estimate of drug-likeness (QED) is 0.257. The maximum Gasteiger partial charge on any atom is 1.00 e. The number of carboxylic acids is 1. The van der Waals surface area contributed by atoms with Gasteiger partial charge in [0.25, 0.3) is 5.91 Å². The summed E-state index contributed by atoms with van der Waals surface area (Å²) in [7, 11) is 0. The maximum absolute atomic E-state index is 13.6. The smallest absolute Gasteiger partial charge is 1.00 e. The molecule has 0 aliphatic carbocycles. The molecule has 10 heteroatoms. The Labute approximate surface area is 245 Å². The molecule has 4 N–H and O–H groups in total. The van der Waals surface area contributed by atoms with E-state index < -0.39 is 30.4 Å². The number of aliphatic carboxylic acids is 1. The Balaban J connectivity index is 0.00000380. The molecule has 3 rings (SSSR count). The molecule has 0 unspecified atom stereocenters. The number of aliphatic hydroxyl groups is 2. The standard InChI is InChI=1S/C28H34FN3O5.Na.H/c1-17(2)26-24(13-12-22(33)14-23(34)15-25(35)36)32(21-10-8-20(29)9-11-21)31-27(26)28(37)30-16-19-6-4-18(3)5-7-19;;/h4-11,17,22-23,33-34H,12-16H2,1-3H3,(H,30,37)(H,35,36);;/q;+1;-1/t22-,23-;;/m1../s1. The number of amides is 1. The van der Waals surface area contributed by atoms with Crippen molar-refractivity contribution in [3.63, 3.8) is 0 Å². The monoisotopic (exact) mass is 535 g/mol. The number of carbonyl (C=O) groups is 2. The molecule has 200 valence electrons. The van der Waals surface area contributed by atoms with Crippen molar-refractivity contribution >= 4 is 11.9 Å². The summed E-state index contributed by atoms with van der Waals surface area (Å²) < 4.78 is 15.2. The van der Waals surface area contributed by atoms with Crippen molar-refractivity contribution in [3.05, 3.63) is 82.4 Å². The molecule has 1 heterocycles. The van der Waals surface area contributed by atoms with Gasteiger partial charge in [-0.05, 0) is 61.9 Å². The first-order chi connectivity index (χ1) is 17.5. The zero-order valence-electron chi connectivity index (χ0n) is 23.3. The minimum absolute atomic E-state index is 0. The van der Waals surface area contributed by atoms with Crippen molar-refractivity contribution in [2.24, 2.45) is 0 Å². The average Bonchev–Trinajstić information content (AvgIpc) is 3.22. The van der Waals surface area contributed by atoms with Gasteiger partial charge in [-0.1, -0.05) is 43.7 Å². The molecule has 3 aromatic rings. The van der Waals surface area contributed by atoms with E-state index in [1.165, 1.54) is 12.1 Å². The van der Waals surface area contributed by atoms with Crippen LogP contribution in [0.15, 0.2) is 48.5 Å². The van der Waals surface area contributed by atoms with Gasteiger partial charge in [0.05, 0.1) is 24.3 Å². The fourth-order valence-corrected chi connectivity index (χ4v) is 4.27. The average molecular weight is 536 g/mol. The molecule has 2 aromatic carbocycles. The predicted octanol–water partition coefficient (Wildman–Crippen LogP) is 1.01. The van der Waals surface area contributed by atoms with Crippen molar-refractivity contribution in [2.45, 2.75) is 71.1 Å². The zero-order chi connectivity index (χ0) is 27.1. The molecule has 0 fully saturated rings. The Bertz CT molecular complexity index is 1220. The number of nitrogens with zero attached hydrogens (tertiary/aromatic N) is 2. The van der Waals surface area contributed by atoms with E-state index >= 15 is 0 Å². The molecule has 38 heavy (non-hydrogen) atoms. The first kappa shape index (κ1) is 31.7. The number of carbonyl (C=O) groups excluding carboxylic acids is 1. The Morgan fingerprint density at radius 2 is 1.68 bits per heavy atom. The summed E-state index contributed by atoms with van der Waals surface area (Å²) in [5, 5.41) is 36.7. The number of nitrogens with one attached hydrogen (secondary N) is 1. The van der Waals surface area contributed by atoms with Gasteiger partial charge in [-0.3, -0.25) is 9.59 Å². The second-order valence-electron chi connectivity index (χ2n) is 9.60. The Kier molecular flexibility index (Phi) is 12.1. The van der Waals surface area contributed by atoms with Crippen molar-refractivity contribution in [3.8, 4) is 5.69 Å². The van der Waals surface area contributed by atoms with E-state index in [4.69, 9.17) is 5.11 Å². The summed E-state index contributed by atoms with van der Waals surface area (Å²) in [5.74, 6) is -1.97. The molecular weight excluding hydrogens is 500 g/mol. The van der Waals surface area contributed by atoms with Gasteiger partial charge >= 0.3 is 35.5 Å². The van der Waals surface area contributed by atoms with Gasteiger partial charge in [0.15, 0.2) is 5.69 Å². The zero-order valence-corrected chi connectivity index (χ0v) is 24.3. The van der Waals surface area contributed by atoms with Crippen LogP contribution in [0.5, 0.6) is 0 Å². The first-order valence-corrected chi connectivity index (χ1v) is 12.3. The normalized spacial score (nSPS) is 12.6. The van der Waals surface area contributed by atoms with Crippen LogP contribution in [0.3, 0.4) is 0 Å². The van der Waals surface area contributed by atoms with Crippen LogP contribution < -0.4 is 34.9 Å². The third-order valence-electron chi connectivity index (χ3n) is 6.13. The maximum atomic E-state index is 13.6. The Morgan fingerprint density at radius 3 is 2.26 bits per heavy atom. The fourth-order valence-electron chi connectivity index (χ4n) is 4.27. The molecule has 0 bridgehead atoms. The second-order valence-corrected chi connectivity index (χ2v) is 9.60. The van der Waals surface area contributed by atoms with E-state index in [1.807, 2.05) is 45.0 Å². The van der Waals surface area contributed by atoms with Crippen molar-refractivity contribution in [1.29, 1.82) is 0 Å². The molecule has 2 atom stereocenters. The minimum Gasteiger partial charge on any atom is -1.00 e. The number of carboxylic acid groups (broad SMARTS) is 1. The van der Waals surface area contributed by atoms with Gasteiger partial charge in [0.1, 0.15) is 5.82 Å². The summed E-state index contributed by atoms with van der Waals surface area (Å²) in [6.45, 7) is 6.21. The molecule has 1 aromatic heterocycles. The van der Waals surface area contributed by atoms with Crippen LogP contribution >= 0.6 is 0 Å². The largest absolute Gasteiger partial charge is 1.00 e. The summed E-state index contributed by atoms with van der Waals surface area (Å²) in [5.41, 5.74) is 4.29. The number of aryl methyl sites for hydroxylation is 1. The molecule has 1 amide bonds. The van der Waals surface area contributed by atoms with Crippen LogP contribution in [0.2, 0.25) is 0 Å². The number of aliphatic hydroxyl groups excluding tert-OH is 2. The summed E-state index contributed by atoms with van der Waals surface area (Å²) >= 11 is 0. The van der Waals surface area contributed by atoms with Crippen LogP contribution in [-0.2, 0) is 17.8 Å². The molecule has 0 spiro atoms. The van der Waals surface area contributed by atoms with Crippen molar-refractivity contribution in [1.82, 2.24) is 15.1 Å². The number of aromatic nitrogens is 2. The van der Waals surface area contributed by atoms with E-state index in [0.29, 0.717) is 29.9 Å². The third-order valence-corrected chi connectivity index (χ3v) is 6.13. The molecule has 0 saturated carbocycles. The van der Waals surface area contributed by atoms with Crippen LogP contribution in [0, 0.1) is 12.7 Å². The molecule has 0 aliphatic heterocycles. The van der Waals surface area contributed by atoms with E-state index in [9.17, 15) is 24.2 Å². The molecule has 0 radical (unpaired) electrons. The number of hydrogen-bond acceptors (Lipinski definition) is 5. The summed E-state index contributed by atoms with van der Waals surface area (Å²) in [6, 6.07) is 13.6. The number of halogens is 1. The van der Waals surface area contributed by atoms with Gasteiger partial charge in [0, 0.05) is 17.8 Å². The van der Waals surface area contributed by atoms with Gasteiger partial charge < -0.3 is 22.1 Å². The van der Waals surface area contributed by atoms with E-state index in [0.717, 1.165) is 11.1 Å². The van der Waals surface area contributed by atoms with Crippen LogP contribution in [-0.4, -0.2) is 49.2 Å².